The molecule has 37 heavy (non-hydrogen) atoms. The first-order valence-electron chi connectivity index (χ1n) is 12.1. The van der Waals surface area contributed by atoms with Crippen LogP contribution in [0.15, 0.2) is 42.6 Å². The first-order chi connectivity index (χ1) is 17.1. The van der Waals surface area contributed by atoms with Gasteiger partial charge >= 0.3 is 12.4 Å². The van der Waals surface area contributed by atoms with Gasteiger partial charge in [0, 0.05) is 36.0 Å². The molecule has 0 aliphatic carbocycles. The molecule has 0 N–H and O–H groups in total. The normalized spacial score (nSPS) is 19.7. The molecule has 3 rings (SSSR count). The first-order valence-corrected chi connectivity index (χ1v) is 12.1. The van der Waals surface area contributed by atoms with Gasteiger partial charge in [-0.05, 0) is 82.8 Å². The lowest BCUT2D eigenvalue weighted by molar-refractivity contribution is -0.415. The van der Waals surface area contributed by atoms with Gasteiger partial charge in [0.25, 0.3) is 5.60 Å². The van der Waals surface area contributed by atoms with Crippen LogP contribution in [0.1, 0.15) is 56.0 Å². The maximum Gasteiger partial charge on any atom is 0.427 e. The van der Waals surface area contributed by atoms with Crippen LogP contribution in [0.25, 0.3) is 0 Å². The molecule has 1 aliphatic rings. The molecule has 1 fully saturated rings. The van der Waals surface area contributed by atoms with Gasteiger partial charge in [-0.1, -0.05) is 18.2 Å². The van der Waals surface area contributed by atoms with E-state index < -0.39 is 48.5 Å². The Bertz CT molecular complexity index is 1090. The zero-order valence-electron chi connectivity index (χ0n) is 21.3. The Morgan fingerprint density at radius 1 is 1.03 bits per heavy atom. The van der Waals surface area contributed by atoms with Crippen molar-refractivity contribution < 1.29 is 31.1 Å². The van der Waals surface area contributed by atoms with Crippen LogP contribution in [0.5, 0.6) is 0 Å². The van der Waals surface area contributed by atoms with Crippen molar-refractivity contribution in [3.8, 4) is 6.07 Å². The maximum atomic E-state index is 14.7. The third-order valence-corrected chi connectivity index (χ3v) is 7.64. The van der Waals surface area contributed by atoms with E-state index in [4.69, 9.17) is 10.00 Å². The number of halogens is 6. The smallest absolute Gasteiger partial charge is 0.358 e. The molecule has 0 bridgehead atoms. The Balaban J connectivity index is 2.10. The summed E-state index contributed by atoms with van der Waals surface area (Å²) in [7, 11) is 0. The van der Waals surface area contributed by atoms with Crippen molar-refractivity contribution in [2.45, 2.75) is 70.4 Å². The van der Waals surface area contributed by atoms with Crippen molar-refractivity contribution in [1.82, 2.24) is 9.88 Å². The predicted molar refractivity (Wildman–Crippen MR) is 127 cm³/mol. The van der Waals surface area contributed by atoms with Gasteiger partial charge in [-0.15, -0.1) is 0 Å². The number of likely N-dealkylation sites (tertiary alicyclic amines) is 1. The van der Waals surface area contributed by atoms with Gasteiger partial charge in [-0.2, -0.15) is 31.6 Å². The molecule has 1 aromatic heterocycles. The number of nitriles is 1. The van der Waals surface area contributed by atoms with Gasteiger partial charge < -0.3 is 4.74 Å². The first kappa shape index (κ1) is 28.9. The van der Waals surface area contributed by atoms with E-state index in [2.05, 4.69) is 4.98 Å². The molecular weight excluding hydrogens is 496 g/mol. The minimum Gasteiger partial charge on any atom is -0.358 e. The Morgan fingerprint density at radius 2 is 1.65 bits per heavy atom. The Hall–Kier alpha value is -2.64. The number of ether oxygens (including phenoxy) is 1. The van der Waals surface area contributed by atoms with E-state index in [-0.39, 0.29) is 19.4 Å². The van der Waals surface area contributed by atoms with Gasteiger partial charge in [-0.25, -0.2) is 0 Å². The average Bonchev–Trinajstić information content (AvgIpc) is 3.26. The summed E-state index contributed by atoms with van der Waals surface area (Å²) in [4.78, 5) is 5.94. The van der Waals surface area contributed by atoms with Crippen molar-refractivity contribution >= 4 is 0 Å². The summed E-state index contributed by atoms with van der Waals surface area (Å²) in [6.45, 7) is 5.31. The lowest BCUT2D eigenvalue weighted by atomic mass is 9.66. The van der Waals surface area contributed by atoms with Gasteiger partial charge in [0.05, 0.1) is 11.6 Å². The van der Waals surface area contributed by atoms with Gasteiger partial charge in [0.1, 0.15) is 0 Å². The van der Waals surface area contributed by atoms with E-state index in [0.717, 1.165) is 12.6 Å². The molecule has 1 aliphatic heterocycles. The van der Waals surface area contributed by atoms with Crippen molar-refractivity contribution in [1.29, 1.82) is 5.26 Å². The molecule has 0 radical (unpaired) electrons. The van der Waals surface area contributed by atoms with Crippen LogP contribution in [-0.2, 0) is 16.7 Å². The highest BCUT2D eigenvalue weighted by molar-refractivity contribution is 5.32. The van der Waals surface area contributed by atoms with E-state index in [1.807, 2.05) is 6.07 Å². The number of aromatic nitrogens is 1. The van der Waals surface area contributed by atoms with E-state index in [1.165, 1.54) is 12.1 Å². The number of aryl methyl sites for hydroxylation is 2. The molecule has 0 saturated carbocycles. The molecule has 0 spiro atoms. The molecule has 2 heterocycles. The molecular formula is C27H31F6N3O. The fourth-order valence-corrected chi connectivity index (χ4v) is 5.45. The Morgan fingerprint density at radius 3 is 2.14 bits per heavy atom. The Labute approximate surface area is 213 Å². The second-order valence-corrected chi connectivity index (χ2v) is 10.1. The predicted octanol–water partition coefficient (Wildman–Crippen LogP) is 6.72. The van der Waals surface area contributed by atoms with E-state index in [0.29, 0.717) is 16.7 Å². The lowest BCUT2D eigenvalue weighted by Crippen LogP contribution is -2.69. The molecule has 1 saturated heterocycles. The summed E-state index contributed by atoms with van der Waals surface area (Å²) in [6, 6.07) is 11.6. The zero-order valence-corrected chi connectivity index (χ0v) is 21.3. The van der Waals surface area contributed by atoms with Crippen LogP contribution in [-0.4, -0.2) is 47.5 Å². The fraction of sp³-hybridized carbons (Fsp3) is 0.556. The summed E-state index contributed by atoms with van der Waals surface area (Å²) in [5.74, 6) is 0. The standard InChI is InChI=1S/C27H31F6N3O/c1-5-37-25(26(28,29)30,27(31,32)33)24(13-12-20-7-9-21(16-34)10-8-20)14-15-36(18-24)23(3,4)22-11-6-19(2)35-17-22/h6-11,17H,5,12-15,18H2,1-4H3/t24-/m0/s1. The van der Waals surface area contributed by atoms with Crippen LogP contribution in [0, 0.1) is 23.7 Å². The maximum absolute atomic E-state index is 14.7. The van der Waals surface area contributed by atoms with Crippen molar-refractivity contribution in [3.05, 3.63) is 65.0 Å². The number of hydrogen-bond donors (Lipinski definition) is 0. The van der Waals surface area contributed by atoms with Crippen LogP contribution >= 0.6 is 0 Å². The third kappa shape index (κ3) is 5.21. The summed E-state index contributed by atoms with van der Waals surface area (Å²) < 4.78 is 92.8. The van der Waals surface area contributed by atoms with Crippen molar-refractivity contribution in [2.24, 2.45) is 5.41 Å². The highest BCUT2D eigenvalue weighted by atomic mass is 19.4. The van der Waals surface area contributed by atoms with Crippen LogP contribution in [0.2, 0.25) is 0 Å². The third-order valence-electron chi connectivity index (χ3n) is 7.64. The summed E-state index contributed by atoms with van der Waals surface area (Å²) in [5.41, 5.74) is -5.16. The molecule has 2 aromatic rings. The quantitative estimate of drug-likeness (QED) is 0.358. The van der Waals surface area contributed by atoms with Crippen LogP contribution < -0.4 is 0 Å². The van der Waals surface area contributed by atoms with Crippen molar-refractivity contribution in [2.75, 3.05) is 19.7 Å². The molecule has 1 atom stereocenters. The number of rotatable bonds is 8. The molecule has 202 valence electrons. The second-order valence-electron chi connectivity index (χ2n) is 10.1. The largest absolute Gasteiger partial charge is 0.427 e. The summed E-state index contributed by atoms with van der Waals surface area (Å²) in [5, 5.41) is 9.00. The minimum atomic E-state index is -5.70. The SMILES string of the molecule is CCOC(C(F)(F)F)(C(F)(F)F)[C@@]1(CCc2ccc(C#N)cc2)CCN(C(C)(C)c2ccc(C)nc2)C1. The summed E-state index contributed by atoms with van der Waals surface area (Å²) in [6.07, 6.45) is -10.6. The highest BCUT2D eigenvalue weighted by Gasteiger charge is 2.81. The fourth-order valence-electron chi connectivity index (χ4n) is 5.45. The monoisotopic (exact) mass is 527 g/mol. The minimum absolute atomic E-state index is 0.0230. The molecule has 0 amide bonds. The summed E-state index contributed by atoms with van der Waals surface area (Å²) >= 11 is 0. The number of pyridine rings is 1. The van der Waals surface area contributed by atoms with E-state index in [9.17, 15) is 26.3 Å². The van der Waals surface area contributed by atoms with E-state index >= 15 is 0 Å². The average molecular weight is 528 g/mol. The zero-order chi connectivity index (χ0) is 27.7. The van der Waals surface area contributed by atoms with Crippen LogP contribution in [0.4, 0.5) is 26.3 Å². The van der Waals surface area contributed by atoms with E-state index in [1.54, 1.807) is 56.1 Å². The van der Waals surface area contributed by atoms with Crippen LogP contribution in [0.3, 0.4) is 0 Å². The van der Waals surface area contributed by atoms with Crippen molar-refractivity contribution in [3.63, 3.8) is 0 Å². The molecule has 10 heteroatoms. The lowest BCUT2D eigenvalue weighted by Gasteiger charge is -2.50. The molecule has 0 unspecified atom stereocenters. The number of benzene rings is 1. The molecule has 4 nitrogen and oxygen atoms in total. The molecule has 1 aromatic carbocycles. The van der Waals surface area contributed by atoms with Gasteiger partial charge in [0.2, 0.25) is 0 Å². The topological polar surface area (TPSA) is 49.1 Å². The van der Waals surface area contributed by atoms with Gasteiger partial charge in [-0.3, -0.25) is 9.88 Å². The van der Waals surface area contributed by atoms with Gasteiger partial charge in [0.15, 0.2) is 0 Å². The Kier molecular flexibility index (Phi) is 8.02. The highest BCUT2D eigenvalue weighted by Crippen LogP contribution is 2.61. The number of alkyl halides is 6. The second kappa shape index (κ2) is 10.3. The number of hydrogen-bond acceptors (Lipinski definition) is 4. The number of nitrogens with zero attached hydrogens (tertiary/aromatic N) is 3.